The van der Waals surface area contributed by atoms with E-state index in [1.54, 1.807) is 11.3 Å². The minimum Gasteiger partial charge on any atom is -0.241 e. The van der Waals surface area contributed by atoms with E-state index in [2.05, 4.69) is 24.9 Å². The third-order valence-electron chi connectivity index (χ3n) is 2.03. The molecule has 1 heterocycles. The number of rotatable bonds is 1. The maximum Gasteiger partial charge on any atom is 0.0992 e. The predicted octanol–water partition coefficient (Wildman–Crippen LogP) is 3.29. The zero-order valence-electron chi connectivity index (χ0n) is 8.11. The average Bonchev–Trinajstić information content (AvgIpc) is 2.59. The van der Waals surface area contributed by atoms with E-state index in [9.17, 15) is 0 Å². The van der Waals surface area contributed by atoms with Crippen molar-refractivity contribution in [1.29, 1.82) is 5.26 Å². The van der Waals surface area contributed by atoms with Gasteiger partial charge in [0.1, 0.15) is 0 Å². The van der Waals surface area contributed by atoms with Crippen LogP contribution in [-0.2, 0) is 0 Å². The maximum absolute atomic E-state index is 8.75. The number of fused-ring (bicyclic) bond motifs is 1. The minimum absolute atomic E-state index is 0.456. The molecule has 2 rings (SSSR count). The van der Waals surface area contributed by atoms with E-state index < -0.39 is 0 Å². The number of aromatic nitrogens is 1. The normalized spacial score (nSPS) is 10.7. The largest absolute Gasteiger partial charge is 0.241 e. The zero-order chi connectivity index (χ0) is 10.1. The molecule has 14 heavy (non-hydrogen) atoms. The van der Waals surface area contributed by atoms with Crippen LogP contribution in [0.3, 0.4) is 0 Å². The minimum atomic E-state index is 0.456. The van der Waals surface area contributed by atoms with Gasteiger partial charge in [-0.05, 0) is 18.2 Å². The van der Waals surface area contributed by atoms with E-state index in [1.165, 1.54) is 0 Å². The fourth-order valence-electron chi connectivity index (χ4n) is 1.26. The van der Waals surface area contributed by atoms with Crippen LogP contribution < -0.4 is 0 Å². The van der Waals surface area contributed by atoms with Gasteiger partial charge in [-0.1, -0.05) is 13.8 Å². The highest BCUT2D eigenvalue weighted by Gasteiger charge is 2.07. The summed E-state index contributed by atoms with van der Waals surface area (Å²) in [5.41, 5.74) is 1.70. The van der Waals surface area contributed by atoms with Crippen LogP contribution in [0.25, 0.3) is 10.2 Å². The van der Waals surface area contributed by atoms with Gasteiger partial charge in [-0.15, -0.1) is 11.3 Å². The van der Waals surface area contributed by atoms with Crippen LogP contribution in [0.15, 0.2) is 18.2 Å². The molecule has 0 atom stereocenters. The van der Waals surface area contributed by atoms with Crippen molar-refractivity contribution in [2.75, 3.05) is 0 Å². The number of hydrogen-bond donors (Lipinski definition) is 0. The molecule has 0 aliphatic rings. The first kappa shape index (κ1) is 9.17. The van der Waals surface area contributed by atoms with Gasteiger partial charge in [-0.25, -0.2) is 4.98 Å². The van der Waals surface area contributed by atoms with Crippen molar-refractivity contribution in [1.82, 2.24) is 4.98 Å². The second-order valence-electron chi connectivity index (χ2n) is 3.50. The van der Waals surface area contributed by atoms with Crippen LogP contribution in [0.1, 0.15) is 30.3 Å². The van der Waals surface area contributed by atoms with Gasteiger partial charge in [0.2, 0.25) is 0 Å². The molecule has 0 saturated carbocycles. The van der Waals surface area contributed by atoms with Crippen molar-refractivity contribution in [2.24, 2.45) is 0 Å². The molecule has 70 valence electrons. The Bertz CT molecular complexity index is 505. The topological polar surface area (TPSA) is 36.7 Å². The molecule has 0 aliphatic carbocycles. The number of nitrogens with zero attached hydrogens (tertiary/aromatic N) is 2. The van der Waals surface area contributed by atoms with Crippen molar-refractivity contribution >= 4 is 21.6 Å². The van der Waals surface area contributed by atoms with Crippen molar-refractivity contribution in [2.45, 2.75) is 19.8 Å². The fourth-order valence-corrected chi connectivity index (χ4v) is 2.27. The molecule has 0 radical (unpaired) electrons. The molecule has 0 unspecified atom stereocenters. The number of thiazole rings is 1. The lowest BCUT2D eigenvalue weighted by Gasteiger charge is -1.94. The van der Waals surface area contributed by atoms with E-state index >= 15 is 0 Å². The van der Waals surface area contributed by atoms with Crippen LogP contribution in [-0.4, -0.2) is 4.98 Å². The molecule has 0 saturated heterocycles. The van der Waals surface area contributed by atoms with Gasteiger partial charge in [0, 0.05) is 5.92 Å². The van der Waals surface area contributed by atoms with E-state index in [0.29, 0.717) is 11.5 Å². The first-order valence-electron chi connectivity index (χ1n) is 4.51. The van der Waals surface area contributed by atoms with Crippen LogP contribution in [0, 0.1) is 11.3 Å². The Morgan fingerprint density at radius 2 is 2.21 bits per heavy atom. The van der Waals surface area contributed by atoms with Crippen molar-refractivity contribution < 1.29 is 0 Å². The van der Waals surface area contributed by atoms with Crippen LogP contribution in [0.2, 0.25) is 0 Å². The highest BCUT2D eigenvalue weighted by molar-refractivity contribution is 7.18. The van der Waals surface area contributed by atoms with Crippen molar-refractivity contribution in [3.63, 3.8) is 0 Å². The monoisotopic (exact) mass is 202 g/mol. The molecule has 0 aliphatic heterocycles. The summed E-state index contributed by atoms with van der Waals surface area (Å²) >= 11 is 1.67. The Morgan fingerprint density at radius 1 is 1.43 bits per heavy atom. The quantitative estimate of drug-likeness (QED) is 0.711. The number of hydrogen-bond acceptors (Lipinski definition) is 3. The predicted molar refractivity (Wildman–Crippen MR) is 58.4 cm³/mol. The van der Waals surface area contributed by atoms with Crippen LogP contribution in [0.4, 0.5) is 0 Å². The number of benzene rings is 1. The lowest BCUT2D eigenvalue weighted by atomic mass is 10.2. The van der Waals surface area contributed by atoms with Gasteiger partial charge in [-0.3, -0.25) is 0 Å². The molecule has 0 bridgehead atoms. The summed E-state index contributed by atoms with van der Waals surface area (Å²) in [6.45, 7) is 4.26. The third kappa shape index (κ3) is 1.49. The Balaban J connectivity index is 2.61. The van der Waals surface area contributed by atoms with E-state index in [-0.39, 0.29) is 0 Å². The average molecular weight is 202 g/mol. The molecule has 0 amide bonds. The van der Waals surface area contributed by atoms with Gasteiger partial charge in [0.05, 0.1) is 26.9 Å². The summed E-state index contributed by atoms with van der Waals surface area (Å²) in [5.74, 6) is 0.456. The Kier molecular flexibility index (Phi) is 2.22. The van der Waals surface area contributed by atoms with Crippen molar-refractivity contribution in [3.05, 3.63) is 28.8 Å². The lowest BCUT2D eigenvalue weighted by Crippen LogP contribution is -1.82. The first-order chi connectivity index (χ1) is 6.70. The molecular weight excluding hydrogens is 192 g/mol. The summed E-state index contributed by atoms with van der Waals surface area (Å²) in [5, 5.41) is 9.88. The Hall–Kier alpha value is -1.40. The standard InChI is InChI=1S/C11H10N2S/c1-7(2)11-13-9-4-3-8(6-12)5-10(9)14-11/h3-5,7H,1-2H3. The molecule has 1 aromatic carbocycles. The SMILES string of the molecule is CC(C)c1nc2ccc(C#N)cc2s1. The highest BCUT2D eigenvalue weighted by atomic mass is 32.1. The first-order valence-corrected chi connectivity index (χ1v) is 5.33. The summed E-state index contributed by atoms with van der Waals surface area (Å²) in [4.78, 5) is 4.50. The van der Waals surface area contributed by atoms with Gasteiger partial charge in [0.25, 0.3) is 0 Å². The third-order valence-corrected chi connectivity index (χ3v) is 3.35. The molecule has 0 fully saturated rings. The van der Waals surface area contributed by atoms with Gasteiger partial charge >= 0.3 is 0 Å². The Morgan fingerprint density at radius 3 is 2.86 bits per heavy atom. The number of nitriles is 1. The maximum atomic E-state index is 8.75. The second-order valence-corrected chi connectivity index (χ2v) is 4.56. The zero-order valence-corrected chi connectivity index (χ0v) is 8.93. The summed E-state index contributed by atoms with van der Waals surface area (Å²) in [7, 11) is 0. The Labute approximate surface area is 86.8 Å². The molecule has 2 aromatic rings. The molecule has 2 nitrogen and oxygen atoms in total. The van der Waals surface area contributed by atoms with E-state index in [1.807, 2.05) is 18.2 Å². The van der Waals surface area contributed by atoms with Gasteiger partial charge in [-0.2, -0.15) is 5.26 Å². The van der Waals surface area contributed by atoms with E-state index in [0.717, 1.165) is 15.2 Å². The molecule has 0 spiro atoms. The molecule has 3 heteroatoms. The van der Waals surface area contributed by atoms with E-state index in [4.69, 9.17) is 5.26 Å². The summed E-state index contributed by atoms with van der Waals surface area (Å²) in [6.07, 6.45) is 0. The second kappa shape index (κ2) is 3.39. The van der Waals surface area contributed by atoms with Crippen molar-refractivity contribution in [3.8, 4) is 6.07 Å². The highest BCUT2D eigenvalue weighted by Crippen LogP contribution is 2.27. The molecular formula is C11H10N2S. The fraction of sp³-hybridized carbons (Fsp3) is 0.273. The smallest absolute Gasteiger partial charge is 0.0992 e. The summed E-state index contributed by atoms with van der Waals surface area (Å²) in [6, 6.07) is 7.76. The van der Waals surface area contributed by atoms with Gasteiger partial charge < -0.3 is 0 Å². The molecule has 0 N–H and O–H groups in total. The van der Waals surface area contributed by atoms with Gasteiger partial charge in [0.15, 0.2) is 0 Å². The summed E-state index contributed by atoms with van der Waals surface area (Å²) < 4.78 is 1.10. The lowest BCUT2D eigenvalue weighted by molar-refractivity contribution is 0.857. The van der Waals surface area contributed by atoms with Crippen LogP contribution in [0.5, 0.6) is 0 Å². The molecule has 1 aromatic heterocycles. The van der Waals surface area contributed by atoms with Crippen LogP contribution >= 0.6 is 11.3 Å².